The monoisotopic (exact) mass is 300 g/mol. The maximum atomic E-state index is 12.1. The van der Waals surface area contributed by atoms with E-state index in [0.717, 1.165) is 0 Å². The molecule has 0 aromatic heterocycles. The molecule has 1 atom stereocenters. The molecule has 2 rings (SSSR count). The lowest BCUT2D eigenvalue weighted by Crippen LogP contribution is -2.42. The molecule has 0 aliphatic carbocycles. The fourth-order valence-corrected chi connectivity index (χ4v) is 1.94. The number of phenols is 1. The molecule has 114 valence electrons. The van der Waals surface area contributed by atoms with E-state index in [2.05, 4.69) is 5.32 Å². The highest BCUT2D eigenvalue weighted by atomic mass is 16.4. The van der Waals surface area contributed by atoms with Gasteiger partial charge in [-0.2, -0.15) is 0 Å². The molecule has 22 heavy (non-hydrogen) atoms. The molecule has 0 aliphatic rings. The van der Waals surface area contributed by atoms with E-state index in [9.17, 15) is 19.8 Å². The van der Waals surface area contributed by atoms with Crippen molar-refractivity contribution >= 4 is 17.6 Å². The van der Waals surface area contributed by atoms with Crippen molar-refractivity contribution in [2.24, 2.45) is 0 Å². The lowest BCUT2D eigenvalue weighted by Gasteiger charge is -2.15. The quantitative estimate of drug-likeness (QED) is 0.623. The summed E-state index contributed by atoms with van der Waals surface area (Å²) in [5, 5.41) is 20.9. The lowest BCUT2D eigenvalue weighted by atomic mass is 10.1. The zero-order valence-corrected chi connectivity index (χ0v) is 11.7. The Labute approximate surface area is 127 Å². The molecule has 0 spiro atoms. The molecular weight excluding hydrogens is 284 g/mol. The molecule has 0 fully saturated rings. The van der Waals surface area contributed by atoms with Gasteiger partial charge in [-0.15, -0.1) is 0 Å². The number of nitrogens with one attached hydrogen (secondary N) is 1. The van der Waals surface area contributed by atoms with Gasteiger partial charge in [0.1, 0.15) is 11.8 Å². The molecule has 1 amide bonds. The average molecular weight is 300 g/mol. The topological polar surface area (TPSA) is 113 Å². The van der Waals surface area contributed by atoms with Crippen LogP contribution in [0.5, 0.6) is 5.75 Å². The van der Waals surface area contributed by atoms with E-state index in [1.807, 2.05) is 0 Å². The zero-order chi connectivity index (χ0) is 16.1. The van der Waals surface area contributed by atoms with Gasteiger partial charge in [0.25, 0.3) is 5.91 Å². The third-order valence-electron chi connectivity index (χ3n) is 3.15. The highest BCUT2D eigenvalue weighted by molar-refractivity contribution is 5.96. The molecule has 0 radical (unpaired) electrons. The summed E-state index contributed by atoms with van der Waals surface area (Å²) in [6.07, 6.45) is 0.121. The van der Waals surface area contributed by atoms with Gasteiger partial charge in [-0.25, -0.2) is 4.79 Å². The number of hydrogen-bond acceptors (Lipinski definition) is 4. The minimum atomic E-state index is -1.13. The number of carbonyl (C=O) groups excluding carboxylic acids is 1. The Balaban J connectivity index is 2.08. The number of phenolic OH excluding ortho intramolecular Hbond substituents is 1. The fraction of sp³-hybridized carbons (Fsp3) is 0.125. The van der Waals surface area contributed by atoms with Crippen LogP contribution in [-0.4, -0.2) is 28.1 Å². The van der Waals surface area contributed by atoms with Crippen molar-refractivity contribution in [2.45, 2.75) is 12.5 Å². The average Bonchev–Trinajstić information content (AvgIpc) is 2.49. The number of nitrogens with two attached hydrogens (primary N) is 1. The first-order valence-corrected chi connectivity index (χ1v) is 6.63. The predicted octanol–water partition coefficient (Wildman–Crippen LogP) is 1.40. The molecule has 6 heteroatoms. The first-order valence-electron chi connectivity index (χ1n) is 6.63. The highest BCUT2D eigenvalue weighted by Crippen LogP contribution is 2.12. The van der Waals surface area contributed by atoms with Gasteiger partial charge in [0.05, 0.1) is 0 Å². The molecule has 0 saturated carbocycles. The van der Waals surface area contributed by atoms with E-state index >= 15 is 0 Å². The van der Waals surface area contributed by atoms with Crippen LogP contribution in [0, 0.1) is 0 Å². The molecule has 0 aliphatic heterocycles. The molecule has 2 aromatic carbocycles. The van der Waals surface area contributed by atoms with Crippen LogP contribution < -0.4 is 11.1 Å². The first-order chi connectivity index (χ1) is 10.5. The second-order valence-electron chi connectivity index (χ2n) is 4.86. The largest absolute Gasteiger partial charge is 0.508 e. The van der Waals surface area contributed by atoms with Crippen LogP contribution in [0.15, 0.2) is 48.5 Å². The van der Waals surface area contributed by atoms with E-state index in [0.29, 0.717) is 16.8 Å². The molecule has 0 bridgehead atoms. The van der Waals surface area contributed by atoms with Crippen molar-refractivity contribution in [3.63, 3.8) is 0 Å². The van der Waals surface area contributed by atoms with Crippen molar-refractivity contribution < 1.29 is 19.8 Å². The number of carboxylic acid groups (broad SMARTS) is 1. The number of carbonyl (C=O) groups is 2. The van der Waals surface area contributed by atoms with E-state index in [4.69, 9.17) is 5.73 Å². The third kappa shape index (κ3) is 3.99. The van der Waals surface area contributed by atoms with E-state index in [1.165, 1.54) is 24.3 Å². The maximum absolute atomic E-state index is 12.1. The normalized spacial score (nSPS) is 11.6. The second kappa shape index (κ2) is 6.62. The number of rotatable bonds is 5. The molecule has 0 saturated heterocycles. The van der Waals surface area contributed by atoms with E-state index < -0.39 is 17.9 Å². The number of hydrogen-bond donors (Lipinski definition) is 4. The number of carboxylic acids is 1. The summed E-state index contributed by atoms with van der Waals surface area (Å²) in [5.74, 6) is -1.51. The summed E-state index contributed by atoms with van der Waals surface area (Å²) >= 11 is 0. The van der Waals surface area contributed by atoms with Crippen LogP contribution in [0.2, 0.25) is 0 Å². The lowest BCUT2D eigenvalue weighted by molar-refractivity contribution is -0.139. The molecule has 6 nitrogen and oxygen atoms in total. The number of nitrogen functional groups attached to an aromatic ring is 1. The molecule has 0 unspecified atom stereocenters. The zero-order valence-electron chi connectivity index (χ0n) is 11.7. The van der Waals surface area contributed by atoms with Crippen molar-refractivity contribution in [1.29, 1.82) is 0 Å². The van der Waals surface area contributed by atoms with Gasteiger partial charge in [-0.1, -0.05) is 12.1 Å². The standard InChI is InChI=1S/C16H16N2O4/c17-12-5-3-11(4-6-12)15(20)18-14(16(21)22)9-10-1-7-13(19)8-2-10/h1-8,14,19H,9,17H2,(H,18,20)(H,21,22)/t14-/m0/s1. The summed E-state index contributed by atoms with van der Waals surface area (Å²) in [7, 11) is 0. The van der Waals surface area contributed by atoms with Crippen LogP contribution in [-0.2, 0) is 11.2 Å². The van der Waals surface area contributed by atoms with Crippen molar-refractivity contribution in [3.05, 3.63) is 59.7 Å². The third-order valence-corrected chi connectivity index (χ3v) is 3.15. The molecule has 0 heterocycles. The Morgan fingerprint density at radius 3 is 2.18 bits per heavy atom. The number of anilines is 1. The smallest absolute Gasteiger partial charge is 0.326 e. The number of amides is 1. The Kier molecular flexibility index (Phi) is 4.63. The summed E-state index contributed by atoms with van der Waals surface area (Å²) in [5.41, 5.74) is 7.10. The fourth-order valence-electron chi connectivity index (χ4n) is 1.94. The summed E-state index contributed by atoms with van der Waals surface area (Å²) in [4.78, 5) is 23.4. The molecular formula is C16H16N2O4. The van der Waals surface area contributed by atoms with Crippen molar-refractivity contribution in [2.75, 3.05) is 5.73 Å². The van der Waals surface area contributed by atoms with Gasteiger partial charge in [-0.3, -0.25) is 4.79 Å². The first kappa shape index (κ1) is 15.4. The van der Waals surface area contributed by atoms with Gasteiger partial charge in [-0.05, 0) is 42.0 Å². The Morgan fingerprint density at radius 1 is 1.05 bits per heavy atom. The van der Waals surface area contributed by atoms with Gasteiger partial charge in [0.15, 0.2) is 0 Å². The number of benzene rings is 2. The van der Waals surface area contributed by atoms with Crippen LogP contribution in [0.4, 0.5) is 5.69 Å². The maximum Gasteiger partial charge on any atom is 0.326 e. The predicted molar refractivity (Wildman–Crippen MR) is 81.6 cm³/mol. The van der Waals surface area contributed by atoms with Crippen LogP contribution in [0.25, 0.3) is 0 Å². The number of aromatic hydroxyl groups is 1. The summed E-state index contributed by atoms with van der Waals surface area (Å²) in [6, 6.07) is 11.3. The van der Waals surface area contributed by atoms with E-state index in [1.54, 1.807) is 24.3 Å². The number of aliphatic carboxylic acids is 1. The Morgan fingerprint density at radius 2 is 1.64 bits per heavy atom. The van der Waals surface area contributed by atoms with E-state index in [-0.39, 0.29) is 12.2 Å². The van der Waals surface area contributed by atoms with Crippen LogP contribution in [0.1, 0.15) is 15.9 Å². The SMILES string of the molecule is Nc1ccc(C(=O)N[C@@H](Cc2ccc(O)cc2)C(=O)O)cc1. The summed E-state index contributed by atoms with van der Waals surface area (Å²) < 4.78 is 0. The van der Waals surface area contributed by atoms with Gasteiger partial charge < -0.3 is 21.3 Å². The van der Waals surface area contributed by atoms with Gasteiger partial charge in [0, 0.05) is 17.7 Å². The van der Waals surface area contributed by atoms with Crippen LogP contribution in [0.3, 0.4) is 0 Å². The molecule has 2 aromatic rings. The van der Waals surface area contributed by atoms with Crippen LogP contribution >= 0.6 is 0 Å². The Bertz CT molecular complexity index is 666. The highest BCUT2D eigenvalue weighted by Gasteiger charge is 2.21. The van der Waals surface area contributed by atoms with Crippen molar-refractivity contribution in [1.82, 2.24) is 5.32 Å². The molecule has 5 N–H and O–H groups in total. The Hall–Kier alpha value is -3.02. The second-order valence-corrected chi connectivity index (χ2v) is 4.86. The van der Waals surface area contributed by atoms with Gasteiger partial charge >= 0.3 is 5.97 Å². The minimum Gasteiger partial charge on any atom is -0.508 e. The minimum absolute atomic E-state index is 0.0986. The van der Waals surface area contributed by atoms with Gasteiger partial charge in [0.2, 0.25) is 0 Å². The summed E-state index contributed by atoms with van der Waals surface area (Å²) in [6.45, 7) is 0. The van der Waals surface area contributed by atoms with Crippen molar-refractivity contribution in [3.8, 4) is 5.75 Å².